The van der Waals surface area contributed by atoms with Crippen LogP contribution in [0.15, 0.2) is 43.5 Å². The maximum Gasteiger partial charge on any atom is 0.228 e. The van der Waals surface area contributed by atoms with Gasteiger partial charge in [-0.05, 0) is 37.5 Å². The lowest BCUT2D eigenvalue weighted by Crippen LogP contribution is -2.22. The summed E-state index contributed by atoms with van der Waals surface area (Å²) < 4.78 is 0. The normalized spacial score (nSPS) is 9.58. The first-order valence-corrected chi connectivity index (χ1v) is 5.97. The molecule has 0 aromatic heterocycles. The van der Waals surface area contributed by atoms with Crippen molar-refractivity contribution in [1.82, 2.24) is 0 Å². The van der Waals surface area contributed by atoms with Crippen LogP contribution in [-0.2, 0) is 4.79 Å². The maximum absolute atomic E-state index is 12.1. The Morgan fingerprint density at radius 1 is 1.37 bits per heavy atom. The first kappa shape index (κ1) is 17.3. The average Bonchev–Trinajstić information content (AvgIpc) is 2.33. The number of hydrogen-bond acceptors (Lipinski definition) is 2. The zero-order valence-electron chi connectivity index (χ0n) is 11.2. The summed E-state index contributed by atoms with van der Waals surface area (Å²) >= 11 is 0. The van der Waals surface area contributed by atoms with Crippen LogP contribution in [0.1, 0.15) is 18.4 Å². The predicted octanol–water partition coefficient (Wildman–Crippen LogP) is 3.71. The summed E-state index contributed by atoms with van der Waals surface area (Å²) in [5.41, 5.74) is 8.11. The van der Waals surface area contributed by atoms with Gasteiger partial charge in [0.1, 0.15) is 0 Å². The molecule has 3 nitrogen and oxygen atoms in total. The standard InChI is InChI=1S/C15H20N2O.ClH/c1-4-6-12(7-5-2)15(18)17-14-10-13(16)9-8-11(14)3;/h4-5,8-10,12H,1-2,6-7,16H2,3H3,(H,17,18);1H. The molecule has 0 saturated heterocycles. The molecule has 1 amide bonds. The lowest BCUT2D eigenvalue weighted by molar-refractivity contribution is -0.119. The first-order chi connectivity index (χ1) is 8.58. The van der Waals surface area contributed by atoms with E-state index >= 15 is 0 Å². The molecule has 0 unspecified atom stereocenters. The van der Waals surface area contributed by atoms with Gasteiger partial charge >= 0.3 is 0 Å². The highest BCUT2D eigenvalue weighted by Gasteiger charge is 2.16. The van der Waals surface area contributed by atoms with Gasteiger partial charge in [-0.3, -0.25) is 4.79 Å². The third-order valence-corrected chi connectivity index (χ3v) is 2.79. The molecule has 104 valence electrons. The van der Waals surface area contributed by atoms with Crippen molar-refractivity contribution in [3.8, 4) is 0 Å². The molecule has 1 aromatic carbocycles. The second-order valence-electron chi connectivity index (χ2n) is 4.31. The van der Waals surface area contributed by atoms with E-state index in [4.69, 9.17) is 5.73 Å². The summed E-state index contributed by atoms with van der Waals surface area (Å²) in [5, 5.41) is 2.91. The fourth-order valence-electron chi connectivity index (χ4n) is 1.72. The molecule has 19 heavy (non-hydrogen) atoms. The molecule has 0 aliphatic carbocycles. The van der Waals surface area contributed by atoms with Gasteiger partial charge in [-0.1, -0.05) is 18.2 Å². The van der Waals surface area contributed by atoms with Crippen molar-refractivity contribution in [2.24, 2.45) is 5.92 Å². The summed E-state index contributed by atoms with van der Waals surface area (Å²) in [4.78, 5) is 12.1. The van der Waals surface area contributed by atoms with Crippen molar-refractivity contribution in [1.29, 1.82) is 0 Å². The number of nitrogens with two attached hydrogens (primary N) is 1. The molecule has 1 rings (SSSR count). The monoisotopic (exact) mass is 280 g/mol. The highest BCUT2D eigenvalue weighted by molar-refractivity contribution is 5.93. The highest BCUT2D eigenvalue weighted by Crippen LogP contribution is 2.20. The quantitative estimate of drug-likeness (QED) is 0.616. The molecule has 0 heterocycles. The van der Waals surface area contributed by atoms with E-state index in [1.807, 2.05) is 19.1 Å². The van der Waals surface area contributed by atoms with Crippen molar-refractivity contribution < 1.29 is 4.79 Å². The number of carbonyl (C=O) groups is 1. The van der Waals surface area contributed by atoms with Crippen LogP contribution in [0, 0.1) is 12.8 Å². The van der Waals surface area contributed by atoms with Gasteiger partial charge in [-0.2, -0.15) is 0 Å². The van der Waals surface area contributed by atoms with Crippen LogP contribution < -0.4 is 11.1 Å². The number of nitrogens with one attached hydrogen (secondary N) is 1. The molecule has 4 heteroatoms. The van der Waals surface area contributed by atoms with E-state index in [2.05, 4.69) is 18.5 Å². The SMILES string of the molecule is C=CCC(CC=C)C(=O)Nc1cc(N)ccc1C.Cl. The van der Waals surface area contributed by atoms with Gasteiger partial charge in [0, 0.05) is 17.3 Å². The van der Waals surface area contributed by atoms with Gasteiger partial charge in [0.05, 0.1) is 0 Å². The Balaban J connectivity index is 0.00000324. The van der Waals surface area contributed by atoms with Gasteiger partial charge in [-0.15, -0.1) is 25.6 Å². The van der Waals surface area contributed by atoms with Crippen LogP contribution >= 0.6 is 12.4 Å². The van der Waals surface area contributed by atoms with E-state index in [9.17, 15) is 4.79 Å². The van der Waals surface area contributed by atoms with Crippen molar-refractivity contribution in [3.63, 3.8) is 0 Å². The second-order valence-corrected chi connectivity index (χ2v) is 4.31. The number of rotatable bonds is 6. The lowest BCUT2D eigenvalue weighted by atomic mass is 10.00. The number of halogens is 1. The Morgan fingerprint density at radius 2 is 1.95 bits per heavy atom. The second kappa shape index (κ2) is 8.38. The molecular weight excluding hydrogens is 260 g/mol. The maximum atomic E-state index is 12.1. The molecule has 0 saturated carbocycles. The van der Waals surface area contributed by atoms with Crippen molar-refractivity contribution in [3.05, 3.63) is 49.1 Å². The Morgan fingerprint density at radius 3 is 2.47 bits per heavy atom. The Hall–Kier alpha value is -1.74. The number of nitrogen functional groups attached to an aromatic ring is 1. The smallest absolute Gasteiger partial charge is 0.228 e. The van der Waals surface area contributed by atoms with Gasteiger partial charge in [0.25, 0.3) is 0 Å². The molecule has 0 atom stereocenters. The largest absolute Gasteiger partial charge is 0.399 e. The summed E-state index contributed by atoms with van der Waals surface area (Å²) in [6.45, 7) is 9.27. The van der Waals surface area contributed by atoms with Gasteiger partial charge in [-0.25, -0.2) is 0 Å². The Bertz CT molecular complexity index is 447. The van der Waals surface area contributed by atoms with E-state index in [0.717, 1.165) is 11.3 Å². The summed E-state index contributed by atoms with van der Waals surface area (Å²) in [6.07, 6.45) is 4.78. The molecule has 0 aliphatic rings. The van der Waals surface area contributed by atoms with Crippen LogP contribution in [0.3, 0.4) is 0 Å². The van der Waals surface area contributed by atoms with Crippen molar-refractivity contribution in [2.75, 3.05) is 11.1 Å². The van der Waals surface area contributed by atoms with E-state index in [-0.39, 0.29) is 24.2 Å². The minimum absolute atomic E-state index is 0. The molecule has 0 radical (unpaired) electrons. The zero-order chi connectivity index (χ0) is 13.5. The van der Waals surface area contributed by atoms with Gasteiger partial charge in [0.2, 0.25) is 5.91 Å². The lowest BCUT2D eigenvalue weighted by Gasteiger charge is -2.15. The fraction of sp³-hybridized carbons (Fsp3) is 0.267. The predicted molar refractivity (Wildman–Crippen MR) is 84.6 cm³/mol. The van der Waals surface area contributed by atoms with E-state index < -0.39 is 0 Å². The molecule has 1 aromatic rings. The number of aryl methyl sites for hydroxylation is 1. The molecule has 0 fully saturated rings. The van der Waals surface area contributed by atoms with Gasteiger partial charge in [0.15, 0.2) is 0 Å². The molecule has 3 N–H and O–H groups in total. The van der Waals surface area contributed by atoms with Crippen LogP contribution in [0.25, 0.3) is 0 Å². The minimum atomic E-state index is -0.124. The minimum Gasteiger partial charge on any atom is -0.399 e. The van der Waals surface area contributed by atoms with Crippen LogP contribution in [0.5, 0.6) is 0 Å². The van der Waals surface area contributed by atoms with E-state index in [1.165, 1.54) is 0 Å². The Labute approximate surface area is 121 Å². The number of allylic oxidation sites excluding steroid dienone is 2. The average molecular weight is 281 g/mol. The molecule has 0 spiro atoms. The van der Waals surface area contributed by atoms with Crippen LogP contribution in [0.4, 0.5) is 11.4 Å². The first-order valence-electron chi connectivity index (χ1n) is 5.97. The highest BCUT2D eigenvalue weighted by atomic mass is 35.5. The fourth-order valence-corrected chi connectivity index (χ4v) is 1.72. The number of carbonyl (C=O) groups excluding carboxylic acids is 1. The number of anilines is 2. The topological polar surface area (TPSA) is 55.1 Å². The summed E-state index contributed by atoms with van der Waals surface area (Å²) in [6, 6.07) is 5.48. The molecular formula is C15H21ClN2O. The van der Waals surface area contributed by atoms with E-state index in [1.54, 1.807) is 18.2 Å². The number of amides is 1. The van der Waals surface area contributed by atoms with Crippen molar-refractivity contribution >= 4 is 29.7 Å². The Kier molecular flexibility index (Phi) is 7.61. The van der Waals surface area contributed by atoms with Crippen LogP contribution in [0.2, 0.25) is 0 Å². The summed E-state index contributed by atoms with van der Waals surface area (Å²) in [5.74, 6) is -0.149. The number of hydrogen-bond donors (Lipinski definition) is 2. The molecule has 0 bridgehead atoms. The molecule has 0 aliphatic heterocycles. The third-order valence-electron chi connectivity index (χ3n) is 2.79. The third kappa shape index (κ3) is 5.18. The zero-order valence-corrected chi connectivity index (χ0v) is 12.0. The number of benzene rings is 1. The summed E-state index contributed by atoms with van der Waals surface area (Å²) in [7, 11) is 0. The van der Waals surface area contributed by atoms with Gasteiger partial charge < -0.3 is 11.1 Å². The van der Waals surface area contributed by atoms with Crippen LogP contribution in [-0.4, -0.2) is 5.91 Å². The van der Waals surface area contributed by atoms with E-state index in [0.29, 0.717) is 18.5 Å². The van der Waals surface area contributed by atoms with Crippen molar-refractivity contribution in [2.45, 2.75) is 19.8 Å².